The van der Waals surface area contributed by atoms with Crippen LogP contribution in [0.2, 0.25) is 0 Å². The highest BCUT2D eigenvalue weighted by molar-refractivity contribution is 5.85. The minimum absolute atomic E-state index is 0.194. The Morgan fingerprint density at radius 1 is 1.24 bits per heavy atom. The Labute approximate surface area is 119 Å². The molecule has 5 nitrogen and oxygen atoms in total. The molecular weight excluding hydrogens is 266 g/mol. The van der Waals surface area contributed by atoms with E-state index in [9.17, 15) is 4.79 Å². The van der Waals surface area contributed by atoms with E-state index in [1.54, 1.807) is 16.8 Å². The summed E-state index contributed by atoms with van der Waals surface area (Å²) in [6.07, 6.45) is 1.68. The van der Waals surface area contributed by atoms with Gasteiger partial charge >= 0.3 is 5.69 Å². The van der Waals surface area contributed by atoms with Crippen LogP contribution in [0.5, 0.6) is 0 Å². The van der Waals surface area contributed by atoms with Gasteiger partial charge in [0.1, 0.15) is 11.3 Å². The van der Waals surface area contributed by atoms with E-state index in [1.165, 1.54) is 0 Å². The lowest BCUT2D eigenvalue weighted by Gasteiger charge is -2.02. The van der Waals surface area contributed by atoms with Crippen LogP contribution in [0.3, 0.4) is 0 Å². The molecule has 0 aliphatic heterocycles. The molecule has 0 saturated carbocycles. The molecule has 0 aliphatic rings. The Bertz CT molecular complexity index is 1040. The van der Waals surface area contributed by atoms with E-state index in [-0.39, 0.29) is 5.69 Å². The van der Waals surface area contributed by atoms with Crippen LogP contribution < -0.4 is 5.69 Å². The quantitative estimate of drug-likeness (QED) is 0.582. The minimum Gasteiger partial charge on any atom is -0.461 e. The van der Waals surface area contributed by atoms with E-state index in [1.807, 2.05) is 38.1 Å². The van der Waals surface area contributed by atoms with Crippen LogP contribution in [0.15, 0.2) is 45.7 Å². The zero-order valence-corrected chi connectivity index (χ0v) is 11.7. The summed E-state index contributed by atoms with van der Waals surface area (Å²) in [7, 11) is 0. The zero-order valence-electron chi connectivity index (χ0n) is 11.7. The van der Waals surface area contributed by atoms with Crippen LogP contribution >= 0.6 is 0 Å². The molecule has 1 N–H and O–H groups in total. The average molecular weight is 279 g/mol. The maximum absolute atomic E-state index is 12.2. The molecule has 0 atom stereocenters. The average Bonchev–Trinajstić information content (AvgIpc) is 2.96. The first kappa shape index (κ1) is 12.0. The number of aromatic nitrogens is 3. The molecule has 0 fully saturated rings. The molecule has 0 bridgehead atoms. The Hall–Kier alpha value is -2.82. The second-order valence-electron chi connectivity index (χ2n) is 5.10. The predicted octanol–water partition coefficient (Wildman–Crippen LogP) is 3.08. The first-order valence-corrected chi connectivity index (χ1v) is 6.71. The summed E-state index contributed by atoms with van der Waals surface area (Å²) in [4.78, 5) is 19.3. The van der Waals surface area contributed by atoms with Gasteiger partial charge in [-0.1, -0.05) is 0 Å². The number of H-pyrrole nitrogens is 1. The van der Waals surface area contributed by atoms with E-state index >= 15 is 0 Å². The fourth-order valence-corrected chi connectivity index (χ4v) is 2.65. The lowest BCUT2D eigenvalue weighted by molar-refractivity contribution is 0.575. The molecule has 5 heteroatoms. The van der Waals surface area contributed by atoms with Crippen molar-refractivity contribution in [3.05, 3.63) is 58.3 Å². The molecular formula is C16H13N3O2. The van der Waals surface area contributed by atoms with Crippen LogP contribution in [0.25, 0.3) is 27.8 Å². The smallest absolute Gasteiger partial charge is 0.332 e. The topological polar surface area (TPSA) is 63.8 Å². The molecule has 4 aromatic rings. The van der Waals surface area contributed by atoms with Crippen molar-refractivity contribution in [3.8, 4) is 5.69 Å². The maximum atomic E-state index is 12.2. The molecule has 3 aromatic heterocycles. The van der Waals surface area contributed by atoms with Crippen LogP contribution in [-0.2, 0) is 0 Å². The van der Waals surface area contributed by atoms with E-state index in [0.29, 0.717) is 5.65 Å². The maximum Gasteiger partial charge on any atom is 0.332 e. The van der Waals surface area contributed by atoms with Crippen molar-refractivity contribution < 1.29 is 4.42 Å². The Morgan fingerprint density at radius 2 is 2.10 bits per heavy atom. The third-order valence-corrected chi connectivity index (χ3v) is 3.86. The fourth-order valence-electron chi connectivity index (χ4n) is 2.65. The van der Waals surface area contributed by atoms with Gasteiger partial charge in [-0.2, -0.15) is 0 Å². The van der Waals surface area contributed by atoms with Crippen LogP contribution in [0, 0.1) is 13.8 Å². The number of pyridine rings is 1. The number of rotatable bonds is 1. The monoisotopic (exact) mass is 279 g/mol. The van der Waals surface area contributed by atoms with Crippen LogP contribution in [0.4, 0.5) is 0 Å². The van der Waals surface area contributed by atoms with E-state index in [4.69, 9.17) is 4.42 Å². The number of fused-ring (bicyclic) bond motifs is 2. The third kappa shape index (κ3) is 1.64. The van der Waals surface area contributed by atoms with Crippen molar-refractivity contribution in [2.45, 2.75) is 13.8 Å². The third-order valence-electron chi connectivity index (χ3n) is 3.86. The van der Waals surface area contributed by atoms with Crippen LogP contribution in [0.1, 0.15) is 11.3 Å². The normalized spacial score (nSPS) is 11.5. The van der Waals surface area contributed by atoms with Crippen molar-refractivity contribution in [3.63, 3.8) is 0 Å². The van der Waals surface area contributed by atoms with Gasteiger partial charge in [0, 0.05) is 11.6 Å². The van der Waals surface area contributed by atoms with E-state index < -0.39 is 0 Å². The Balaban J connectivity index is 2.06. The Kier molecular flexibility index (Phi) is 2.33. The molecule has 0 aliphatic carbocycles. The molecule has 1 aromatic carbocycles. The summed E-state index contributed by atoms with van der Waals surface area (Å²) in [5.41, 5.74) is 3.85. The molecule has 4 rings (SSSR count). The molecule has 104 valence electrons. The van der Waals surface area contributed by atoms with Crippen LogP contribution in [-0.4, -0.2) is 14.5 Å². The first-order chi connectivity index (χ1) is 10.1. The van der Waals surface area contributed by atoms with Crippen molar-refractivity contribution in [2.24, 2.45) is 0 Å². The number of nitrogens with one attached hydrogen (secondary N) is 1. The molecule has 0 unspecified atom stereocenters. The number of imidazole rings is 1. The van der Waals surface area contributed by atoms with E-state index in [0.717, 1.165) is 33.5 Å². The highest BCUT2D eigenvalue weighted by Crippen LogP contribution is 2.27. The van der Waals surface area contributed by atoms with Crippen molar-refractivity contribution in [1.29, 1.82) is 0 Å². The van der Waals surface area contributed by atoms with Gasteiger partial charge in [-0.05, 0) is 49.7 Å². The van der Waals surface area contributed by atoms with Gasteiger partial charge < -0.3 is 9.40 Å². The number of benzene rings is 1. The van der Waals surface area contributed by atoms with Gasteiger partial charge in [-0.25, -0.2) is 14.3 Å². The van der Waals surface area contributed by atoms with Gasteiger partial charge in [0.25, 0.3) is 0 Å². The van der Waals surface area contributed by atoms with Gasteiger partial charge in [0.05, 0.1) is 11.2 Å². The van der Waals surface area contributed by atoms with E-state index in [2.05, 4.69) is 9.97 Å². The number of furan rings is 1. The fraction of sp³-hybridized carbons (Fsp3) is 0.125. The first-order valence-electron chi connectivity index (χ1n) is 6.71. The minimum atomic E-state index is -0.194. The summed E-state index contributed by atoms with van der Waals surface area (Å²) >= 11 is 0. The van der Waals surface area contributed by atoms with Gasteiger partial charge in [0.15, 0.2) is 5.65 Å². The molecule has 3 heterocycles. The summed E-state index contributed by atoms with van der Waals surface area (Å²) in [6, 6.07) is 9.36. The summed E-state index contributed by atoms with van der Waals surface area (Å²) in [6.45, 7) is 3.95. The number of aromatic amines is 1. The van der Waals surface area contributed by atoms with Gasteiger partial charge in [-0.3, -0.25) is 0 Å². The lowest BCUT2D eigenvalue weighted by atomic mass is 10.1. The molecule has 0 spiro atoms. The van der Waals surface area contributed by atoms with Crippen molar-refractivity contribution in [1.82, 2.24) is 14.5 Å². The molecule has 0 saturated heterocycles. The number of hydrogen-bond donors (Lipinski definition) is 1. The Morgan fingerprint density at radius 3 is 2.95 bits per heavy atom. The van der Waals surface area contributed by atoms with Gasteiger partial charge in [-0.15, -0.1) is 0 Å². The summed E-state index contributed by atoms with van der Waals surface area (Å²) < 4.78 is 7.26. The second kappa shape index (κ2) is 4.09. The van der Waals surface area contributed by atoms with Crippen molar-refractivity contribution in [2.75, 3.05) is 0 Å². The molecule has 21 heavy (non-hydrogen) atoms. The number of aryl methyl sites for hydroxylation is 2. The standard InChI is InChI=1S/C16H13N3O2/c1-9-10(2)21-14-6-5-11(8-12(9)14)19-15-13(18-16(19)20)4-3-7-17-15/h3-8H,1-2H3,(H,18,20). The summed E-state index contributed by atoms with van der Waals surface area (Å²) in [5, 5.41) is 1.02. The lowest BCUT2D eigenvalue weighted by Crippen LogP contribution is -2.14. The highest BCUT2D eigenvalue weighted by atomic mass is 16.3. The number of nitrogens with zero attached hydrogens (tertiary/aromatic N) is 2. The number of hydrogen-bond acceptors (Lipinski definition) is 3. The highest BCUT2D eigenvalue weighted by Gasteiger charge is 2.12. The largest absolute Gasteiger partial charge is 0.461 e. The van der Waals surface area contributed by atoms with Crippen molar-refractivity contribution >= 4 is 22.1 Å². The zero-order chi connectivity index (χ0) is 14.6. The SMILES string of the molecule is Cc1oc2ccc(-n3c(=O)[nH]c4cccnc43)cc2c1C. The molecule has 0 radical (unpaired) electrons. The second-order valence-corrected chi connectivity index (χ2v) is 5.10. The summed E-state index contributed by atoms with van der Waals surface area (Å²) in [5.74, 6) is 0.895. The van der Waals surface area contributed by atoms with Gasteiger partial charge in [0.2, 0.25) is 0 Å². The predicted molar refractivity (Wildman–Crippen MR) is 80.9 cm³/mol. The molecule has 0 amide bonds.